The molecule has 0 aromatic carbocycles. The lowest BCUT2D eigenvalue weighted by molar-refractivity contribution is 0.566. The van der Waals surface area contributed by atoms with E-state index in [1.54, 1.807) is 0 Å². The summed E-state index contributed by atoms with van der Waals surface area (Å²) in [5, 5.41) is 3.07. The summed E-state index contributed by atoms with van der Waals surface area (Å²) in [6.45, 7) is 8.45. The molecule has 2 heterocycles. The van der Waals surface area contributed by atoms with Crippen LogP contribution in [-0.4, -0.2) is 48.2 Å². The average molecular weight is 292 g/mol. The standard InChI is InChI=1S/C15H28N6/c1-4-9-20(10-5-2)14-17-13(16-3)18-15(19-14)21-11-7-6-8-12-21/h4-12H2,1-3H3,(H,16,17,18,19). The van der Waals surface area contributed by atoms with Crippen molar-refractivity contribution in [1.29, 1.82) is 0 Å². The van der Waals surface area contributed by atoms with E-state index in [1.165, 1.54) is 19.3 Å². The van der Waals surface area contributed by atoms with Gasteiger partial charge in [0.25, 0.3) is 0 Å². The largest absolute Gasteiger partial charge is 0.357 e. The van der Waals surface area contributed by atoms with Crippen LogP contribution in [-0.2, 0) is 0 Å². The Bertz CT molecular complexity index is 424. The molecule has 0 aliphatic carbocycles. The molecule has 1 aromatic heterocycles. The number of piperidine rings is 1. The number of anilines is 3. The van der Waals surface area contributed by atoms with Crippen molar-refractivity contribution in [3.63, 3.8) is 0 Å². The van der Waals surface area contributed by atoms with Crippen LogP contribution in [0.2, 0.25) is 0 Å². The quantitative estimate of drug-likeness (QED) is 0.833. The van der Waals surface area contributed by atoms with E-state index in [9.17, 15) is 0 Å². The van der Waals surface area contributed by atoms with Crippen LogP contribution in [0.3, 0.4) is 0 Å². The first-order chi connectivity index (χ1) is 10.3. The smallest absolute Gasteiger partial charge is 0.231 e. The van der Waals surface area contributed by atoms with Crippen molar-refractivity contribution < 1.29 is 0 Å². The Balaban J connectivity index is 2.26. The molecule has 0 spiro atoms. The summed E-state index contributed by atoms with van der Waals surface area (Å²) in [7, 11) is 1.86. The van der Waals surface area contributed by atoms with Gasteiger partial charge in [0.15, 0.2) is 0 Å². The highest BCUT2D eigenvalue weighted by atomic mass is 15.4. The third kappa shape index (κ3) is 4.19. The molecule has 0 radical (unpaired) electrons. The van der Waals surface area contributed by atoms with Gasteiger partial charge in [-0.15, -0.1) is 0 Å². The van der Waals surface area contributed by atoms with Crippen LogP contribution in [0.15, 0.2) is 0 Å². The fraction of sp³-hybridized carbons (Fsp3) is 0.800. The van der Waals surface area contributed by atoms with Gasteiger partial charge in [0.1, 0.15) is 0 Å². The number of hydrogen-bond acceptors (Lipinski definition) is 6. The lowest BCUT2D eigenvalue weighted by Crippen LogP contribution is -2.33. The van der Waals surface area contributed by atoms with Crippen molar-refractivity contribution >= 4 is 17.8 Å². The van der Waals surface area contributed by atoms with Gasteiger partial charge in [-0.05, 0) is 32.1 Å². The van der Waals surface area contributed by atoms with E-state index in [-0.39, 0.29) is 0 Å². The zero-order chi connectivity index (χ0) is 15.1. The van der Waals surface area contributed by atoms with E-state index in [0.717, 1.165) is 50.9 Å². The van der Waals surface area contributed by atoms with Crippen LogP contribution in [0, 0.1) is 0 Å². The van der Waals surface area contributed by atoms with Gasteiger partial charge in [0.05, 0.1) is 0 Å². The highest BCUT2D eigenvalue weighted by Crippen LogP contribution is 2.20. The molecule has 2 rings (SSSR count). The molecule has 6 nitrogen and oxygen atoms in total. The SMILES string of the molecule is CCCN(CCC)c1nc(NC)nc(N2CCCCC2)n1. The van der Waals surface area contributed by atoms with Crippen molar-refractivity contribution in [1.82, 2.24) is 15.0 Å². The minimum atomic E-state index is 0.665. The Labute approximate surface area is 128 Å². The Kier molecular flexibility index (Phi) is 6.02. The lowest BCUT2D eigenvalue weighted by atomic mass is 10.1. The molecule has 118 valence electrons. The van der Waals surface area contributed by atoms with E-state index < -0.39 is 0 Å². The molecule has 1 aromatic rings. The fourth-order valence-corrected chi connectivity index (χ4v) is 2.69. The summed E-state index contributed by atoms with van der Waals surface area (Å²) in [5.41, 5.74) is 0. The highest BCUT2D eigenvalue weighted by Gasteiger charge is 2.18. The summed E-state index contributed by atoms with van der Waals surface area (Å²) >= 11 is 0. The molecule has 0 saturated carbocycles. The van der Waals surface area contributed by atoms with Gasteiger partial charge in [0.2, 0.25) is 17.8 Å². The molecule has 1 fully saturated rings. The maximum absolute atomic E-state index is 4.73. The Morgan fingerprint density at radius 2 is 1.67 bits per heavy atom. The fourth-order valence-electron chi connectivity index (χ4n) is 2.69. The second-order valence-corrected chi connectivity index (χ2v) is 5.54. The van der Waals surface area contributed by atoms with Gasteiger partial charge >= 0.3 is 0 Å². The summed E-state index contributed by atoms with van der Waals surface area (Å²) < 4.78 is 0. The third-order valence-electron chi connectivity index (χ3n) is 3.74. The molecule has 21 heavy (non-hydrogen) atoms. The molecule has 0 atom stereocenters. The van der Waals surface area contributed by atoms with Gasteiger partial charge < -0.3 is 15.1 Å². The van der Waals surface area contributed by atoms with Crippen LogP contribution in [0.4, 0.5) is 17.8 Å². The molecule has 1 aliphatic heterocycles. The molecule has 6 heteroatoms. The first kappa shape index (κ1) is 15.8. The number of nitrogens with one attached hydrogen (secondary N) is 1. The number of nitrogens with zero attached hydrogens (tertiary/aromatic N) is 5. The lowest BCUT2D eigenvalue weighted by Gasteiger charge is -2.28. The second kappa shape index (κ2) is 8.00. The first-order valence-electron chi connectivity index (χ1n) is 8.22. The predicted octanol–water partition coefficient (Wildman–Crippen LogP) is 2.53. The van der Waals surface area contributed by atoms with Gasteiger partial charge in [-0.3, -0.25) is 0 Å². The van der Waals surface area contributed by atoms with Crippen LogP contribution >= 0.6 is 0 Å². The van der Waals surface area contributed by atoms with Crippen LogP contribution in [0.1, 0.15) is 46.0 Å². The van der Waals surface area contributed by atoms with E-state index in [0.29, 0.717) is 5.95 Å². The molecular formula is C15H28N6. The Morgan fingerprint density at radius 3 is 2.24 bits per heavy atom. The summed E-state index contributed by atoms with van der Waals surface area (Å²) in [4.78, 5) is 18.4. The van der Waals surface area contributed by atoms with Crippen LogP contribution in [0.5, 0.6) is 0 Å². The van der Waals surface area contributed by atoms with Crippen molar-refractivity contribution in [2.75, 3.05) is 48.3 Å². The van der Waals surface area contributed by atoms with E-state index in [1.807, 2.05) is 7.05 Å². The van der Waals surface area contributed by atoms with E-state index in [4.69, 9.17) is 4.98 Å². The topological polar surface area (TPSA) is 57.2 Å². The molecule has 0 amide bonds. The Hall–Kier alpha value is -1.59. The molecule has 0 bridgehead atoms. The zero-order valence-corrected chi connectivity index (χ0v) is 13.6. The minimum absolute atomic E-state index is 0.665. The number of rotatable bonds is 7. The van der Waals surface area contributed by atoms with Crippen molar-refractivity contribution in [3.8, 4) is 0 Å². The summed E-state index contributed by atoms with van der Waals surface area (Å²) in [6.07, 6.45) is 5.96. The predicted molar refractivity (Wildman–Crippen MR) is 88.2 cm³/mol. The minimum Gasteiger partial charge on any atom is -0.357 e. The maximum Gasteiger partial charge on any atom is 0.231 e. The molecular weight excluding hydrogens is 264 g/mol. The maximum atomic E-state index is 4.73. The monoisotopic (exact) mass is 292 g/mol. The van der Waals surface area contributed by atoms with Gasteiger partial charge in [-0.2, -0.15) is 15.0 Å². The Morgan fingerprint density at radius 1 is 1.00 bits per heavy atom. The zero-order valence-electron chi connectivity index (χ0n) is 13.6. The van der Waals surface area contributed by atoms with Crippen LogP contribution in [0.25, 0.3) is 0 Å². The van der Waals surface area contributed by atoms with E-state index in [2.05, 4.69) is 38.9 Å². The number of hydrogen-bond donors (Lipinski definition) is 1. The average Bonchev–Trinajstić information content (AvgIpc) is 2.55. The molecule has 0 unspecified atom stereocenters. The second-order valence-electron chi connectivity index (χ2n) is 5.54. The van der Waals surface area contributed by atoms with Crippen molar-refractivity contribution in [2.45, 2.75) is 46.0 Å². The molecule has 1 aliphatic rings. The van der Waals surface area contributed by atoms with Gasteiger partial charge in [-0.25, -0.2) is 0 Å². The van der Waals surface area contributed by atoms with E-state index >= 15 is 0 Å². The third-order valence-corrected chi connectivity index (χ3v) is 3.74. The molecule has 1 N–H and O–H groups in total. The summed E-state index contributed by atoms with van der Waals surface area (Å²) in [6, 6.07) is 0. The highest BCUT2D eigenvalue weighted by molar-refractivity contribution is 5.45. The molecule has 1 saturated heterocycles. The van der Waals surface area contributed by atoms with Crippen molar-refractivity contribution in [3.05, 3.63) is 0 Å². The number of aromatic nitrogens is 3. The van der Waals surface area contributed by atoms with Gasteiger partial charge in [0, 0.05) is 33.2 Å². The van der Waals surface area contributed by atoms with Crippen molar-refractivity contribution in [2.24, 2.45) is 0 Å². The first-order valence-corrected chi connectivity index (χ1v) is 8.22. The van der Waals surface area contributed by atoms with Gasteiger partial charge in [-0.1, -0.05) is 13.8 Å². The normalized spacial score (nSPS) is 15.1. The summed E-state index contributed by atoms with van der Waals surface area (Å²) in [5.74, 6) is 2.29. The van der Waals surface area contributed by atoms with Crippen LogP contribution < -0.4 is 15.1 Å².